The van der Waals surface area contributed by atoms with Crippen LogP contribution in [0, 0.1) is 0 Å². The number of halogens is 1. The lowest BCUT2D eigenvalue weighted by atomic mass is 10.3. The molecule has 1 unspecified atom stereocenters. The standard InChI is InChI=1S/C12H14ClN3O2/c1-3-4-10-15-9-5-8(13)6-14-11(9)16(10)7(2)12(17)18/h5-7H,3-4H2,1-2H3,(H,17,18). The number of nitrogens with zero attached hydrogens (tertiary/aromatic N) is 3. The van der Waals surface area contributed by atoms with Crippen molar-refractivity contribution in [1.82, 2.24) is 14.5 Å². The Labute approximate surface area is 109 Å². The lowest BCUT2D eigenvalue weighted by Crippen LogP contribution is -2.18. The van der Waals surface area contributed by atoms with Crippen molar-refractivity contribution in [2.24, 2.45) is 0 Å². The molecule has 2 aromatic rings. The largest absolute Gasteiger partial charge is 0.480 e. The van der Waals surface area contributed by atoms with Gasteiger partial charge in [-0.15, -0.1) is 0 Å². The highest BCUT2D eigenvalue weighted by Crippen LogP contribution is 2.23. The summed E-state index contributed by atoms with van der Waals surface area (Å²) in [7, 11) is 0. The first-order chi connectivity index (χ1) is 8.54. The van der Waals surface area contributed by atoms with Gasteiger partial charge in [0.15, 0.2) is 5.65 Å². The number of pyridine rings is 1. The van der Waals surface area contributed by atoms with Crippen molar-refractivity contribution in [2.75, 3.05) is 0 Å². The van der Waals surface area contributed by atoms with E-state index in [2.05, 4.69) is 9.97 Å². The number of fused-ring (bicyclic) bond motifs is 1. The van der Waals surface area contributed by atoms with Crippen molar-refractivity contribution < 1.29 is 9.90 Å². The van der Waals surface area contributed by atoms with Gasteiger partial charge >= 0.3 is 5.97 Å². The molecule has 96 valence electrons. The third-order valence-electron chi connectivity index (χ3n) is 2.79. The molecule has 0 aromatic carbocycles. The molecule has 0 spiro atoms. The van der Waals surface area contributed by atoms with Gasteiger partial charge in [-0.1, -0.05) is 18.5 Å². The minimum Gasteiger partial charge on any atom is -0.480 e. The number of hydrogen-bond acceptors (Lipinski definition) is 3. The Morgan fingerprint density at radius 3 is 2.94 bits per heavy atom. The number of hydrogen-bond donors (Lipinski definition) is 1. The number of carbonyl (C=O) groups is 1. The highest BCUT2D eigenvalue weighted by molar-refractivity contribution is 6.31. The first-order valence-electron chi connectivity index (χ1n) is 5.79. The normalized spacial score (nSPS) is 12.8. The smallest absolute Gasteiger partial charge is 0.326 e. The van der Waals surface area contributed by atoms with Crippen molar-refractivity contribution in [3.8, 4) is 0 Å². The summed E-state index contributed by atoms with van der Waals surface area (Å²) >= 11 is 5.87. The number of aryl methyl sites for hydroxylation is 1. The van der Waals surface area contributed by atoms with Crippen LogP contribution in [0.15, 0.2) is 12.3 Å². The molecule has 0 saturated carbocycles. The van der Waals surface area contributed by atoms with Crippen molar-refractivity contribution in [3.63, 3.8) is 0 Å². The predicted molar refractivity (Wildman–Crippen MR) is 68.9 cm³/mol. The molecule has 1 atom stereocenters. The summed E-state index contributed by atoms with van der Waals surface area (Å²) in [5, 5.41) is 9.66. The molecule has 6 heteroatoms. The summed E-state index contributed by atoms with van der Waals surface area (Å²) in [4.78, 5) is 19.8. The summed E-state index contributed by atoms with van der Waals surface area (Å²) in [6.45, 7) is 3.65. The Hall–Kier alpha value is -1.62. The van der Waals surface area contributed by atoms with E-state index in [0.717, 1.165) is 12.2 Å². The first-order valence-corrected chi connectivity index (χ1v) is 6.17. The maximum atomic E-state index is 11.2. The molecule has 2 rings (SSSR count). The molecule has 0 saturated heterocycles. The molecule has 0 bridgehead atoms. The highest BCUT2D eigenvalue weighted by Gasteiger charge is 2.21. The number of carboxylic acid groups (broad SMARTS) is 1. The first kappa shape index (κ1) is 12.8. The maximum Gasteiger partial charge on any atom is 0.326 e. The van der Waals surface area contributed by atoms with Crippen LogP contribution >= 0.6 is 11.6 Å². The molecule has 0 aliphatic heterocycles. The van der Waals surface area contributed by atoms with Crippen LogP contribution in [-0.4, -0.2) is 25.6 Å². The minimum atomic E-state index is -0.900. The lowest BCUT2D eigenvalue weighted by Gasteiger charge is -2.12. The number of carboxylic acids is 1. The second-order valence-electron chi connectivity index (χ2n) is 4.16. The molecule has 1 N–H and O–H groups in total. The van der Waals surface area contributed by atoms with Gasteiger partial charge in [0.2, 0.25) is 0 Å². The van der Waals surface area contributed by atoms with E-state index < -0.39 is 12.0 Å². The summed E-state index contributed by atoms with van der Waals surface area (Å²) < 4.78 is 1.66. The summed E-state index contributed by atoms with van der Waals surface area (Å²) in [5.41, 5.74) is 1.21. The van der Waals surface area contributed by atoms with E-state index in [9.17, 15) is 4.79 Å². The molecular formula is C12H14ClN3O2. The van der Waals surface area contributed by atoms with Gasteiger partial charge in [0.1, 0.15) is 17.4 Å². The molecule has 2 aromatic heterocycles. The molecule has 5 nitrogen and oxygen atoms in total. The van der Waals surface area contributed by atoms with Gasteiger partial charge in [0.25, 0.3) is 0 Å². The van der Waals surface area contributed by atoms with E-state index in [-0.39, 0.29) is 0 Å². The van der Waals surface area contributed by atoms with Crippen LogP contribution in [0.3, 0.4) is 0 Å². The van der Waals surface area contributed by atoms with E-state index in [1.54, 1.807) is 17.6 Å². The molecule has 2 heterocycles. The monoisotopic (exact) mass is 267 g/mol. The van der Waals surface area contributed by atoms with E-state index in [0.29, 0.717) is 22.6 Å². The quantitative estimate of drug-likeness (QED) is 0.925. The van der Waals surface area contributed by atoms with Crippen LogP contribution in [-0.2, 0) is 11.2 Å². The number of imidazole rings is 1. The van der Waals surface area contributed by atoms with Gasteiger partial charge in [-0.2, -0.15) is 0 Å². The fraction of sp³-hybridized carbons (Fsp3) is 0.417. The summed E-state index contributed by atoms with van der Waals surface area (Å²) in [6, 6.07) is 1.01. The van der Waals surface area contributed by atoms with Crippen LogP contribution in [0.1, 0.15) is 32.1 Å². The second-order valence-corrected chi connectivity index (χ2v) is 4.59. The Balaban J connectivity index is 2.66. The molecule has 0 radical (unpaired) electrons. The van der Waals surface area contributed by atoms with Crippen molar-refractivity contribution in [3.05, 3.63) is 23.1 Å². The van der Waals surface area contributed by atoms with Crippen LogP contribution in [0.5, 0.6) is 0 Å². The number of rotatable bonds is 4. The van der Waals surface area contributed by atoms with Crippen LogP contribution < -0.4 is 0 Å². The molecular weight excluding hydrogens is 254 g/mol. The van der Waals surface area contributed by atoms with Gasteiger partial charge in [-0.25, -0.2) is 14.8 Å². The average molecular weight is 268 g/mol. The summed E-state index contributed by atoms with van der Waals surface area (Å²) in [6.07, 6.45) is 3.11. The van der Waals surface area contributed by atoms with E-state index in [1.165, 1.54) is 6.20 Å². The fourth-order valence-corrected chi connectivity index (χ4v) is 2.07. The third-order valence-corrected chi connectivity index (χ3v) is 2.99. The van der Waals surface area contributed by atoms with Crippen LogP contribution in [0.25, 0.3) is 11.2 Å². The Morgan fingerprint density at radius 2 is 2.33 bits per heavy atom. The fourth-order valence-electron chi connectivity index (χ4n) is 1.92. The zero-order valence-electron chi connectivity index (χ0n) is 10.2. The Bertz CT molecular complexity index is 594. The molecule has 0 aliphatic carbocycles. The third kappa shape index (κ3) is 2.18. The van der Waals surface area contributed by atoms with Crippen LogP contribution in [0.2, 0.25) is 5.02 Å². The highest BCUT2D eigenvalue weighted by atomic mass is 35.5. The van der Waals surface area contributed by atoms with Crippen LogP contribution in [0.4, 0.5) is 0 Å². The Kier molecular flexibility index (Phi) is 3.52. The molecule has 0 fully saturated rings. The lowest BCUT2D eigenvalue weighted by molar-refractivity contribution is -0.140. The number of aromatic nitrogens is 3. The molecule has 18 heavy (non-hydrogen) atoms. The summed E-state index contributed by atoms with van der Waals surface area (Å²) in [5.74, 6) is -0.166. The van der Waals surface area contributed by atoms with Gasteiger partial charge < -0.3 is 5.11 Å². The van der Waals surface area contributed by atoms with Gasteiger partial charge in [-0.05, 0) is 19.4 Å². The van der Waals surface area contributed by atoms with Gasteiger partial charge in [0.05, 0.1) is 5.02 Å². The Morgan fingerprint density at radius 1 is 1.61 bits per heavy atom. The van der Waals surface area contributed by atoms with Gasteiger partial charge in [0, 0.05) is 12.6 Å². The molecule has 0 aliphatic rings. The average Bonchev–Trinajstić information content (AvgIpc) is 2.65. The van der Waals surface area contributed by atoms with Crippen molar-refractivity contribution >= 4 is 28.7 Å². The van der Waals surface area contributed by atoms with Gasteiger partial charge in [-0.3, -0.25) is 4.57 Å². The van der Waals surface area contributed by atoms with Crippen molar-refractivity contribution in [2.45, 2.75) is 32.7 Å². The topological polar surface area (TPSA) is 68.0 Å². The van der Waals surface area contributed by atoms with Crippen molar-refractivity contribution in [1.29, 1.82) is 0 Å². The predicted octanol–water partition coefficient (Wildman–Crippen LogP) is 2.68. The zero-order valence-corrected chi connectivity index (χ0v) is 11.0. The number of aliphatic carboxylic acids is 1. The zero-order chi connectivity index (χ0) is 13.3. The SMILES string of the molecule is CCCc1nc2cc(Cl)cnc2n1C(C)C(=O)O. The van der Waals surface area contributed by atoms with E-state index in [4.69, 9.17) is 16.7 Å². The van der Waals surface area contributed by atoms with E-state index >= 15 is 0 Å². The minimum absolute atomic E-state index is 0.498. The maximum absolute atomic E-state index is 11.2. The second kappa shape index (κ2) is 4.94. The van der Waals surface area contributed by atoms with E-state index in [1.807, 2.05) is 6.92 Å². The molecule has 0 amide bonds.